The van der Waals surface area contributed by atoms with Crippen molar-refractivity contribution in [1.82, 2.24) is 9.71 Å². The van der Waals surface area contributed by atoms with Gasteiger partial charge in [0, 0.05) is 13.0 Å². The Bertz CT molecular complexity index is 744. The van der Waals surface area contributed by atoms with Crippen molar-refractivity contribution < 1.29 is 12.8 Å². The normalized spacial score (nSPS) is 11.2. The van der Waals surface area contributed by atoms with Crippen LogP contribution in [0.2, 0.25) is 0 Å². The number of hydrogen-bond donors (Lipinski definition) is 1. The number of sulfonamides is 1. The third-order valence-electron chi connectivity index (χ3n) is 2.60. The Kier molecular flexibility index (Phi) is 4.17. The molecule has 0 aliphatic rings. The summed E-state index contributed by atoms with van der Waals surface area (Å²) in [6.45, 7) is 1.92. The van der Waals surface area contributed by atoms with Crippen LogP contribution in [0, 0.1) is 18.3 Å². The van der Waals surface area contributed by atoms with E-state index in [0.717, 1.165) is 0 Å². The number of benzene rings is 1. The summed E-state index contributed by atoms with van der Waals surface area (Å²) in [7, 11) is -3.71. The summed E-state index contributed by atoms with van der Waals surface area (Å²) in [4.78, 5) is 3.97. The van der Waals surface area contributed by atoms with Gasteiger partial charge in [-0.15, -0.1) is 0 Å². The van der Waals surface area contributed by atoms with Crippen molar-refractivity contribution in [3.8, 4) is 6.07 Å². The van der Waals surface area contributed by atoms with Crippen molar-refractivity contribution in [2.24, 2.45) is 0 Å². The fourth-order valence-electron chi connectivity index (χ4n) is 1.68. The lowest BCUT2D eigenvalue weighted by molar-refractivity contribution is 0.469. The molecule has 0 amide bonds. The number of oxazole rings is 1. The average Bonchev–Trinajstić information content (AvgIpc) is 2.84. The van der Waals surface area contributed by atoms with Gasteiger partial charge in [0.05, 0.1) is 16.7 Å². The number of hydrogen-bond acceptors (Lipinski definition) is 5. The SMILES string of the molecule is Cc1cnc(CCNS(=O)(=O)c2ccccc2C#N)o1. The van der Waals surface area contributed by atoms with E-state index in [2.05, 4.69) is 9.71 Å². The second-order valence-corrected chi connectivity index (χ2v) is 5.86. The van der Waals surface area contributed by atoms with E-state index >= 15 is 0 Å². The summed E-state index contributed by atoms with van der Waals surface area (Å²) in [5, 5.41) is 8.92. The van der Waals surface area contributed by atoms with Gasteiger partial charge in [0.25, 0.3) is 0 Å². The van der Waals surface area contributed by atoms with E-state index in [1.807, 2.05) is 6.07 Å². The number of nitrogens with zero attached hydrogens (tertiary/aromatic N) is 2. The lowest BCUT2D eigenvalue weighted by atomic mass is 10.2. The average molecular weight is 291 g/mol. The van der Waals surface area contributed by atoms with Gasteiger partial charge in [0.15, 0.2) is 5.89 Å². The van der Waals surface area contributed by atoms with Gasteiger partial charge in [-0.25, -0.2) is 18.1 Å². The molecule has 2 rings (SSSR count). The Morgan fingerprint density at radius 3 is 2.80 bits per heavy atom. The maximum atomic E-state index is 12.1. The molecule has 0 saturated carbocycles. The van der Waals surface area contributed by atoms with Crippen LogP contribution in [0.5, 0.6) is 0 Å². The van der Waals surface area contributed by atoms with Crippen LogP contribution in [0.3, 0.4) is 0 Å². The van der Waals surface area contributed by atoms with E-state index < -0.39 is 10.0 Å². The minimum absolute atomic E-state index is 0.0221. The highest BCUT2D eigenvalue weighted by molar-refractivity contribution is 7.89. The number of aryl methyl sites for hydroxylation is 1. The molecule has 7 heteroatoms. The van der Waals surface area contributed by atoms with E-state index in [1.165, 1.54) is 12.1 Å². The smallest absolute Gasteiger partial charge is 0.241 e. The molecule has 104 valence electrons. The van der Waals surface area contributed by atoms with Gasteiger partial charge in [-0.3, -0.25) is 0 Å². The van der Waals surface area contributed by atoms with Crippen LogP contribution in [0.1, 0.15) is 17.2 Å². The Hall–Kier alpha value is -2.17. The highest BCUT2D eigenvalue weighted by atomic mass is 32.2. The molecule has 1 N–H and O–H groups in total. The number of rotatable bonds is 5. The van der Waals surface area contributed by atoms with Gasteiger partial charge in [0.2, 0.25) is 10.0 Å². The molecule has 0 saturated heterocycles. The molecule has 0 atom stereocenters. The molecule has 0 radical (unpaired) electrons. The Morgan fingerprint density at radius 2 is 2.15 bits per heavy atom. The molecule has 1 aromatic carbocycles. The van der Waals surface area contributed by atoms with E-state index in [-0.39, 0.29) is 17.0 Å². The summed E-state index contributed by atoms with van der Waals surface area (Å²) in [6, 6.07) is 7.92. The fraction of sp³-hybridized carbons (Fsp3) is 0.231. The van der Waals surface area contributed by atoms with Crippen LogP contribution in [0.15, 0.2) is 39.8 Å². The van der Waals surface area contributed by atoms with E-state index in [9.17, 15) is 8.42 Å². The molecular formula is C13H13N3O3S. The molecule has 0 aliphatic heterocycles. The van der Waals surface area contributed by atoms with Gasteiger partial charge in [-0.2, -0.15) is 5.26 Å². The van der Waals surface area contributed by atoms with Crippen molar-refractivity contribution >= 4 is 10.0 Å². The van der Waals surface area contributed by atoms with Crippen LogP contribution in [-0.4, -0.2) is 19.9 Å². The number of aromatic nitrogens is 1. The van der Waals surface area contributed by atoms with Crippen LogP contribution in [0.25, 0.3) is 0 Å². The zero-order valence-electron chi connectivity index (χ0n) is 10.8. The van der Waals surface area contributed by atoms with Gasteiger partial charge < -0.3 is 4.42 Å². The molecular weight excluding hydrogens is 278 g/mol. The first-order valence-electron chi connectivity index (χ1n) is 5.93. The molecule has 6 nitrogen and oxygen atoms in total. The first-order valence-corrected chi connectivity index (χ1v) is 7.41. The van der Waals surface area contributed by atoms with Gasteiger partial charge in [-0.1, -0.05) is 12.1 Å². The lowest BCUT2D eigenvalue weighted by Gasteiger charge is -2.06. The molecule has 0 bridgehead atoms. The Morgan fingerprint density at radius 1 is 1.40 bits per heavy atom. The first-order chi connectivity index (χ1) is 9.53. The number of nitrogens with one attached hydrogen (secondary N) is 1. The summed E-state index contributed by atoms with van der Waals surface area (Å²) in [6.07, 6.45) is 1.93. The Balaban J connectivity index is 2.06. The van der Waals surface area contributed by atoms with E-state index in [1.54, 1.807) is 25.3 Å². The van der Waals surface area contributed by atoms with Crippen molar-refractivity contribution in [2.75, 3.05) is 6.54 Å². The van der Waals surface area contributed by atoms with Crippen molar-refractivity contribution in [1.29, 1.82) is 5.26 Å². The number of nitriles is 1. The molecule has 0 unspecified atom stereocenters. The molecule has 0 spiro atoms. The minimum Gasteiger partial charge on any atom is -0.446 e. The van der Waals surface area contributed by atoms with E-state index in [4.69, 9.17) is 9.68 Å². The zero-order valence-corrected chi connectivity index (χ0v) is 11.6. The van der Waals surface area contributed by atoms with Crippen LogP contribution in [-0.2, 0) is 16.4 Å². The first kappa shape index (κ1) is 14.2. The highest BCUT2D eigenvalue weighted by Gasteiger charge is 2.17. The van der Waals surface area contributed by atoms with Crippen LogP contribution >= 0.6 is 0 Å². The molecule has 20 heavy (non-hydrogen) atoms. The lowest BCUT2D eigenvalue weighted by Crippen LogP contribution is -2.26. The molecule has 1 aromatic heterocycles. The maximum Gasteiger partial charge on any atom is 0.241 e. The summed E-state index contributed by atoms with van der Waals surface area (Å²) < 4.78 is 31.9. The Labute approximate surface area is 117 Å². The van der Waals surface area contributed by atoms with Crippen molar-refractivity contribution in [3.05, 3.63) is 47.7 Å². The predicted octanol–water partition coefficient (Wildman–Crippen LogP) is 1.38. The van der Waals surface area contributed by atoms with Crippen molar-refractivity contribution in [3.63, 3.8) is 0 Å². The van der Waals surface area contributed by atoms with Crippen LogP contribution < -0.4 is 4.72 Å². The highest BCUT2D eigenvalue weighted by Crippen LogP contribution is 2.14. The van der Waals surface area contributed by atoms with Gasteiger partial charge in [-0.05, 0) is 19.1 Å². The molecule has 1 heterocycles. The zero-order chi connectivity index (χ0) is 14.6. The maximum absolute atomic E-state index is 12.1. The largest absolute Gasteiger partial charge is 0.446 e. The monoisotopic (exact) mass is 291 g/mol. The third-order valence-corrected chi connectivity index (χ3v) is 4.12. The van der Waals surface area contributed by atoms with E-state index in [0.29, 0.717) is 18.1 Å². The molecule has 0 aliphatic carbocycles. The summed E-state index contributed by atoms with van der Waals surface area (Å²) in [5.41, 5.74) is 0.118. The predicted molar refractivity (Wildman–Crippen MR) is 71.3 cm³/mol. The quantitative estimate of drug-likeness (QED) is 0.897. The summed E-state index contributed by atoms with van der Waals surface area (Å²) >= 11 is 0. The second-order valence-electron chi connectivity index (χ2n) is 4.12. The third kappa shape index (κ3) is 3.23. The second kappa shape index (κ2) is 5.86. The molecule has 0 fully saturated rings. The van der Waals surface area contributed by atoms with Crippen molar-refractivity contribution in [2.45, 2.75) is 18.2 Å². The van der Waals surface area contributed by atoms with Gasteiger partial charge in [0.1, 0.15) is 11.8 Å². The summed E-state index contributed by atoms with van der Waals surface area (Å²) in [5.74, 6) is 1.15. The topological polar surface area (TPSA) is 96.0 Å². The standard InChI is InChI=1S/C13H13N3O3S/c1-10-9-15-13(19-10)6-7-16-20(17,18)12-5-3-2-4-11(12)8-14/h2-5,9,16H,6-7H2,1H3. The minimum atomic E-state index is -3.71. The fourth-order valence-corrected chi connectivity index (χ4v) is 2.87. The van der Waals surface area contributed by atoms with Gasteiger partial charge >= 0.3 is 0 Å². The van der Waals surface area contributed by atoms with Crippen LogP contribution in [0.4, 0.5) is 0 Å². The molecule has 2 aromatic rings.